The molecule has 0 aliphatic carbocycles. The first-order chi connectivity index (χ1) is 6.24. The third-order valence-corrected chi connectivity index (χ3v) is 1.63. The number of hydrogen-bond donors (Lipinski definition) is 2. The summed E-state index contributed by atoms with van der Waals surface area (Å²) in [6.45, 7) is 2.66. The van der Waals surface area contributed by atoms with Gasteiger partial charge < -0.3 is 14.8 Å². The molecule has 13 heavy (non-hydrogen) atoms. The minimum Gasteiger partial charge on any atom is -0.494 e. The van der Waals surface area contributed by atoms with E-state index in [1.165, 1.54) is 0 Å². The standard InChI is InChI=1S/C9H13BO3/c1-2-6-13-9-5-3-4-8(7-9)10(11)12/h3-5,7,11-12H,2,6H2,1H3. The summed E-state index contributed by atoms with van der Waals surface area (Å²) in [5.74, 6) is 0.674. The molecule has 1 aromatic carbocycles. The van der Waals surface area contributed by atoms with Crippen molar-refractivity contribution < 1.29 is 14.8 Å². The molecule has 0 aromatic heterocycles. The zero-order valence-corrected chi connectivity index (χ0v) is 7.60. The van der Waals surface area contributed by atoms with E-state index in [4.69, 9.17) is 14.8 Å². The van der Waals surface area contributed by atoms with Gasteiger partial charge in [0, 0.05) is 0 Å². The summed E-state index contributed by atoms with van der Waals surface area (Å²) < 4.78 is 5.32. The number of hydrogen-bond acceptors (Lipinski definition) is 3. The minimum absolute atomic E-state index is 0.452. The van der Waals surface area contributed by atoms with Crippen LogP contribution in [0.1, 0.15) is 13.3 Å². The van der Waals surface area contributed by atoms with Gasteiger partial charge >= 0.3 is 7.12 Å². The molecule has 0 saturated carbocycles. The second kappa shape index (κ2) is 4.89. The van der Waals surface area contributed by atoms with E-state index in [9.17, 15) is 0 Å². The average Bonchev–Trinajstić information content (AvgIpc) is 2.15. The molecular formula is C9H13BO3. The quantitative estimate of drug-likeness (QED) is 0.648. The van der Waals surface area contributed by atoms with E-state index in [1.807, 2.05) is 6.92 Å². The maximum Gasteiger partial charge on any atom is 0.488 e. The molecule has 0 atom stereocenters. The Labute approximate surface area is 78.1 Å². The van der Waals surface area contributed by atoms with Crippen molar-refractivity contribution in [3.05, 3.63) is 24.3 Å². The third kappa shape index (κ3) is 3.09. The van der Waals surface area contributed by atoms with Crippen LogP contribution in [0.25, 0.3) is 0 Å². The monoisotopic (exact) mass is 180 g/mol. The molecule has 3 nitrogen and oxygen atoms in total. The normalized spacial score (nSPS) is 9.77. The van der Waals surface area contributed by atoms with E-state index in [2.05, 4.69) is 0 Å². The first-order valence-electron chi connectivity index (χ1n) is 4.33. The Hall–Kier alpha value is -0.995. The molecule has 0 aliphatic heterocycles. The van der Waals surface area contributed by atoms with Crippen LogP contribution in [0.2, 0.25) is 0 Å². The molecule has 0 amide bonds. The molecule has 0 heterocycles. The summed E-state index contributed by atoms with van der Waals surface area (Å²) in [4.78, 5) is 0. The summed E-state index contributed by atoms with van der Waals surface area (Å²) in [5, 5.41) is 17.7. The third-order valence-electron chi connectivity index (χ3n) is 1.63. The fraction of sp³-hybridized carbons (Fsp3) is 0.333. The average molecular weight is 180 g/mol. The van der Waals surface area contributed by atoms with E-state index >= 15 is 0 Å². The van der Waals surface area contributed by atoms with Crippen molar-refractivity contribution in [3.63, 3.8) is 0 Å². The Kier molecular flexibility index (Phi) is 3.80. The van der Waals surface area contributed by atoms with Crippen molar-refractivity contribution in [1.82, 2.24) is 0 Å². The molecule has 4 heteroatoms. The van der Waals surface area contributed by atoms with E-state index in [-0.39, 0.29) is 0 Å². The van der Waals surface area contributed by atoms with Crippen molar-refractivity contribution in [2.45, 2.75) is 13.3 Å². The van der Waals surface area contributed by atoms with Crippen LogP contribution in [0.5, 0.6) is 5.75 Å². The Morgan fingerprint density at radius 2 is 2.15 bits per heavy atom. The van der Waals surface area contributed by atoms with Crippen molar-refractivity contribution in [2.75, 3.05) is 6.61 Å². The van der Waals surface area contributed by atoms with Crippen molar-refractivity contribution in [1.29, 1.82) is 0 Å². The molecule has 0 saturated heterocycles. The van der Waals surface area contributed by atoms with E-state index < -0.39 is 7.12 Å². The molecular weight excluding hydrogens is 167 g/mol. The smallest absolute Gasteiger partial charge is 0.488 e. The predicted molar refractivity (Wildman–Crippen MR) is 52.1 cm³/mol. The van der Waals surface area contributed by atoms with Gasteiger partial charge in [-0.05, 0) is 24.0 Å². The minimum atomic E-state index is -1.43. The summed E-state index contributed by atoms with van der Waals surface area (Å²) in [5.41, 5.74) is 0.452. The van der Waals surface area contributed by atoms with Gasteiger partial charge in [0.05, 0.1) is 6.61 Å². The zero-order valence-electron chi connectivity index (χ0n) is 7.60. The molecule has 0 aliphatic rings. The van der Waals surface area contributed by atoms with E-state index in [1.54, 1.807) is 24.3 Å². The predicted octanol–water partition coefficient (Wildman–Crippen LogP) is 0.155. The molecule has 0 radical (unpaired) electrons. The number of ether oxygens (including phenoxy) is 1. The van der Waals surface area contributed by atoms with Gasteiger partial charge in [-0.2, -0.15) is 0 Å². The van der Waals surface area contributed by atoms with E-state index in [0.29, 0.717) is 17.8 Å². The van der Waals surface area contributed by atoms with Crippen LogP contribution in [-0.2, 0) is 0 Å². The maximum atomic E-state index is 8.87. The zero-order chi connectivity index (χ0) is 9.68. The Balaban J connectivity index is 2.68. The summed E-state index contributed by atoms with van der Waals surface area (Å²) in [6, 6.07) is 6.80. The number of rotatable bonds is 4. The van der Waals surface area contributed by atoms with Gasteiger partial charge in [-0.3, -0.25) is 0 Å². The molecule has 1 aromatic rings. The van der Waals surface area contributed by atoms with Crippen molar-refractivity contribution >= 4 is 12.6 Å². The van der Waals surface area contributed by atoms with Gasteiger partial charge in [-0.15, -0.1) is 0 Å². The van der Waals surface area contributed by atoms with Crippen LogP contribution in [0.15, 0.2) is 24.3 Å². The summed E-state index contributed by atoms with van der Waals surface area (Å²) in [6.07, 6.45) is 0.936. The molecule has 0 spiro atoms. The van der Waals surface area contributed by atoms with Gasteiger partial charge in [-0.25, -0.2) is 0 Å². The molecule has 0 fully saturated rings. The molecule has 0 unspecified atom stereocenters. The Morgan fingerprint density at radius 3 is 2.77 bits per heavy atom. The SMILES string of the molecule is CCCOc1cccc(B(O)O)c1. The highest BCUT2D eigenvalue weighted by molar-refractivity contribution is 6.58. The van der Waals surface area contributed by atoms with Gasteiger partial charge in [0.1, 0.15) is 5.75 Å². The first kappa shape index (κ1) is 10.1. The highest BCUT2D eigenvalue weighted by Gasteiger charge is 2.10. The maximum absolute atomic E-state index is 8.87. The lowest BCUT2D eigenvalue weighted by molar-refractivity contribution is 0.317. The largest absolute Gasteiger partial charge is 0.494 e. The topological polar surface area (TPSA) is 49.7 Å². The Morgan fingerprint density at radius 1 is 1.38 bits per heavy atom. The van der Waals surface area contributed by atoms with Gasteiger partial charge in [0.25, 0.3) is 0 Å². The summed E-state index contributed by atoms with van der Waals surface area (Å²) in [7, 11) is -1.43. The lowest BCUT2D eigenvalue weighted by Gasteiger charge is -2.05. The first-order valence-corrected chi connectivity index (χ1v) is 4.33. The van der Waals surface area contributed by atoms with Crippen LogP contribution in [0.3, 0.4) is 0 Å². The van der Waals surface area contributed by atoms with Crippen LogP contribution in [0.4, 0.5) is 0 Å². The fourth-order valence-corrected chi connectivity index (χ4v) is 0.985. The van der Waals surface area contributed by atoms with Crippen LogP contribution in [0, 0.1) is 0 Å². The van der Waals surface area contributed by atoms with Crippen molar-refractivity contribution in [3.8, 4) is 5.75 Å². The fourth-order valence-electron chi connectivity index (χ4n) is 0.985. The lowest BCUT2D eigenvalue weighted by Crippen LogP contribution is -2.29. The Bertz CT molecular complexity index is 263. The number of benzene rings is 1. The van der Waals surface area contributed by atoms with Crippen LogP contribution < -0.4 is 10.2 Å². The van der Waals surface area contributed by atoms with Gasteiger partial charge in [0.15, 0.2) is 0 Å². The van der Waals surface area contributed by atoms with Crippen molar-refractivity contribution in [2.24, 2.45) is 0 Å². The molecule has 0 bridgehead atoms. The van der Waals surface area contributed by atoms with E-state index in [0.717, 1.165) is 6.42 Å². The highest BCUT2D eigenvalue weighted by Crippen LogP contribution is 2.07. The second-order valence-corrected chi connectivity index (χ2v) is 2.79. The lowest BCUT2D eigenvalue weighted by atomic mass is 9.80. The van der Waals surface area contributed by atoms with Crippen LogP contribution >= 0.6 is 0 Å². The van der Waals surface area contributed by atoms with Crippen LogP contribution in [-0.4, -0.2) is 23.8 Å². The molecule has 1 rings (SSSR count). The second-order valence-electron chi connectivity index (χ2n) is 2.79. The molecule has 70 valence electrons. The molecule has 2 N–H and O–H groups in total. The van der Waals surface area contributed by atoms with Gasteiger partial charge in [0.2, 0.25) is 0 Å². The highest BCUT2D eigenvalue weighted by atomic mass is 16.5. The summed E-state index contributed by atoms with van der Waals surface area (Å²) >= 11 is 0. The van der Waals surface area contributed by atoms with Gasteiger partial charge in [-0.1, -0.05) is 19.1 Å².